The van der Waals surface area contributed by atoms with E-state index in [0.717, 1.165) is 13.0 Å². The summed E-state index contributed by atoms with van der Waals surface area (Å²) in [6.07, 6.45) is 10.4. The highest BCUT2D eigenvalue weighted by Gasteiger charge is 2.08. The van der Waals surface area contributed by atoms with E-state index in [1.807, 2.05) is 0 Å². The van der Waals surface area contributed by atoms with Gasteiger partial charge in [0.05, 0.1) is 0 Å². The molecule has 0 radical (unpaired) electrons. The molecule has 0 amide bonds. The third kappa shape index (κ3) is 10.4. The molecule has 0 saturated heterocycles. The average molecular weight is 229 g/mol. The van der Waals surface area contributed by atoms with Crippen LogP contribution in [0.25, 0.3) is 0 Å². The van der Waals surface area contributed by atoms with E-state index in [-0.39, 0.29) is 0 Å². The smallest absolute Gasteiger partial charge is 0.0488 e. The van der Waals surface area contributed by atoms with Crippen LogP contribution in [0.1, 0.15) is 65.2 Å². The fraction of sp³-hybridized carbons (Fsp3) is 1.00. The van der Waals surface area contributed by atoms with Crippen LogP contribution in [0.4, 0.5) is 0 Å². The van der Waals surface area contributed by atoms with E-state index in [0.29, 0.717) is 12.0 Å². The summed E-state index contributed by atoms with van der Waals surface area (Å²) < 4.78 is 5.12. The molecule has 2 N–H and O–H groups in total. The van der Waals surface area contributed by atoms with Crippen LogP contribution in [0.2, 0.25) is 0 Å². The van der Waals surface area contributed by atoms with Gasteiger partial charge in [0.2, 0.25) is 0 Å². The maximum absolute atomic E-state index is 6.09. The number of hydrogen-bond acceptors (Lipinski definition) is 2. The summed E-state index contributed by atoms with van der Waals surface area (Å²) in [7, 11) is 1.76. The van der Waals surface area contributed by atoms with Crippen molar-refractivity contribution in [2.24, 2.45) is 11.7 Å². The number of rotatable bonds is 11. The minimum Gasteiger partial charge on any atom is -0.384 e. The molecular weight excluding hydrogens is 198 g/mol. The van der Waals surface area contributed by atoms with E-state index < -0.39 is 0 Å². The lowest BCUT2D eigenvalue weighted by atomic mass is 9.98. The Kier molecular flexibility index (Phi) is 11.3. The Hall–Kier alpha value is -0.0800. The van der Waals surface area contributed by atoms with Crippen molar-refractivity contribution in [1.29, 1.82) is 0 Å². The third-order valence-electron chi connectivity index (χ3n) is 3.08. The Morgan fingerprint density at radius 2 is 1.69 bits per heavy atom. The molecule has 2 nitrogen and oxygen atoms in total. The maximum atomic E-state index is 6.09. The first-order valence-electron chi connectivity index (χ1n) is 6.95. The summed E-state index contributed by atoms with van der Waals surface area (Å²) in [6, 6.07) is 0.372. The van der Waals surface area contributed by atoms with E-state index in [9.17, 15) is 0 Å². The molecule has 98 valence electrons. The molecule has 0 rings (SSSR count). The van der Waals surface area contributed by atoms with Gasteiger partial charge in [-0.05, 0) is 18.8 Å². The summed E-state index contributed by atoms with van der Waals surface area (Å²) in [4.78, 5) is 0. The van der Waals surface area contributed by atoms with Gasteiger partial charge in [-0.1, -0.05) is 52.4 Å². The lowest BCUT2D eigenvalue weighted by Gasteiger charge is -2.16. The first kappa shape index (κ1) is 15.9. The zero-order valence-corrected chi connectivity index (χ0v) is 11.5. The van der Waals surface area contributed by atoms with Crippen molar-refractivity contribution in [3.05, 3.63) is 0 Å². The Bertz CT molecular complexity index is 139. The van der Waals surface area contributed by atoms with Crippen LogP contribution < -0.4 is 5.73 Å². The van der Waals surface area contributed by atoms with Crippen LogP contribution in [0.5, 0.6) is 0 Å². The summed E-state index contributed by atoms with van der Waals surface area (Å²) in [5.74, 6) is 0.597. The normalized spacial score (nSPS) is 15.0. The van der Waals surface area contributed by atoms with E-state index in [4.69, 9.17) is 10.5 Å². The molecular formula is C14H31NO. The molecule has 0 heterocycles. The fourth-order valence-corrected chi connectivity index (χ4v) is 2.17. The van der Waals surface area contributed by atoms with E-state index in [1.54, 1.807) is 7.11 Å². The number of ether oxygens (including phenoxy) is 1. The molecule has 2 heteroatoms. The molecule has 0 aromatic carbocycles. The predicted octanol–water partition coefficient (Wildman–Crippen LogP) is 3.74. The molecule has 0 aliphatic rings. The number of hydrogen-bond donors (Lipinski definition) is 1. The van der Waals surface area contributed by atoms with Crippen LogP contribution >= 0.6 is 0 Å². The fourth-order valence-electron chi connectivity index (χ4n) is 2.17. The Morgan fingerprint density at radius 3 is 2.31 bits per heavy atom. The largest absolute Gasteiger partial charge is 0.384 e. The topological polar surface area (TPSA) is 35.2 Å². The van der Waals surface area contributed by atoms with Gasteiger partial charge in [0.25, 0.3) is 0 Å². The molecule has 16 heavy (non-hydrogen) atoms. The van der Waals surface area contributed by atoms with Gasteiger partial charge in [-0.25, -0.2) is 0 Å². The SMILES string of the molecule is CCCCCCCCC(N)CC(C)COC. The summed E-state index contributed by atoms with van der Waals surface area (Å²) >= 11 is 0. The van der Waals surface area contributed by atoms with Crippen molar-refractivity contribution in [3.63, 3.8) is 0 Å². The zero-order valence-electron chi connectivity index (χ0n) is 11.5. The van der Waals surface area contributed by atoms with Crippen LogP contribution in [-0.2, 0) is 4.74 Å². The van der Waals surface area contributed by atoms with Gasteiger partial charge in [0, 0.05) is 19.8 Å². The van der Waals surface area contributed by atoms with E-state index in [2.05, 4.69) is 13.8 Å². The highest BCUT2D eigenvalue weighted by Crippen LogP contribution is 2.12. The van der Waals surface area contributed by atoms with Crippen molar-refractivity contribution >= 4 is 0 Å². The second kappa shape index (κ2) is 11.4. The van der Waals surface area contributed by atoms with Crippen molar-refractivity contribution < 1.29 is 4.74 Å². The van der Waals surface area contributed by atoms with Crippen LogP contribution in [0.3, 0.4) is 0 Å². The van der Waals surface area contributed by atoms with Gasteiger partial charge < -0.3 is 10.5 Å². The summed E-state index contributed by atoms with van der Waals surface area (Å²) in [5, 5.41) is 0. The molecule has 2 atom stereocenters. The minimum absolute atomic E-state index is 0.372. The van der Waals surface area contributed by atoms with Crippen LogP contribution in [0, 0.1) is 5.92 Å². The molecule has 0 bridgehead atoms. The second-order valence-electron chi connectivity index (χ2n) is 5.11. The quantitative estimate of drug-likeness (QED) is 0.548. The monoisotopic (exact) mass is 229 g/mol. The van der Waals surface area contributed by atoms with Crippen molar-refractivity contribution in [2.45, 2.75) is 71.3 Å². The first-order valence-corrected chi connectivity index (χ1v) is 6.95. The number of unbranched alkanes of at least 4 members (excludes halogenated alkanes) is 5. The van der Waals surface area contributed by atoms with Crippen LogP contribution in [-0.4, -0.2) is 19.8 Å². The molecule has 0 aliphatic carbocycles. The number of nitrogens with two attached hydrogens (primary N) is 1. The Balaban J connectivity index is 3.26. The van der Waals surface area contributed by atoms with Gasteiger partial charge in [-0.3, -0.25) is 0 Å². The van der Waals surface area contributed by atoms with Gasteiger partial charge in [0.1, 0.15) is 0 Å². The minimum atomic E-state index is 0.372. The van der Waals surface area contributed by atoms with Gasteiger partial charge in [-0.15, -0.1) is 0 Å². The molecule has 0 aliphatic heterocycles. The highest BCUT2D eigenvalue weighted by atomic mass is 16.5. The van der Waals surface area contributed by atoms with E-state index >= 15 is 0 Å². The van der Waals surface area contributed by atoms with Gasteiger partial charge >= 0.3 is 0 Å². The standard InChI is InChI=1S/C14H31NO/c1-4-5-6-7-8-9-10-14(15)11-13(2)12-16-3/h13-14H,4-12,15H2,1-3H3. The summed E-state index contributed by atoms with van der Waals surface area (Å²) in [5.41, 5.74) is 6.09. The van der Waals surface area contributed by atoms with E-state index in [1.165, 1.54) is 44.9 Å². The third-order valence-corrected chi connectivity index (χ3v) is 3.08. The first-order chi connectivity index (χ1) is 7.70. The second-order valence-corrected chi connectivity index (χ2v) is 5.11. The Morgan fingerprint density at radius 1 is 1.06 bits per heavy atom. The lowest BCUT2D eigenvalue weighted by Crippen LogP contribution is -2.24. The zero-order chi connectivity index (χ0) is 12.2. The molecule has 0 spiro atoms. The van der Waals surface area contributed by atoms with Gasteiger partial charge in [0.15, 0.2) is 0 Å². The molecule has 0 fully saturated rings. The van der Waals surface area contributed by atoms with Crippen molar-refractivity contribution in [3.8, 4) is 0 Å². The molecule has 0 aromatic rings. The lowest BCUT2D eigenvalue weighted by molar-refractivity contribution is 0.151. The van der Waals surface area contributed by atoms with Crippen molar-refractivity contribution in [1.82, 2.24) is 0 Å². The maximum Gasteiger partial charge on any atom is 0.0488 e. The molecule has 2 unspecified atom stereocenters. The molecule has 0 aromatic heterocycles. The molecule has 0 saturated carbocycles. The Labute approximate surface area is 102 Å². The van der Waals surface area contributed by atoms with Crippen LogP contribution in [0.15, 0.2) is 0 Å². The average Bonchev–Trinajstić information content (AvgIpc) is 2.23. The number of methoxy groups -OCH3 is 1. The highest BCUT2D eigenvalue weighted by molar-refractivity contribution is 4.65. The van der Waals surface area contributed by atoms with Crippen molar-refractivity contribution in [2.75, 3.05) is 13.7 Å². The summed E-state index contributed by atoms with van der Waals surface area (Å²) in [6.45, 7) is 5.31. The predicted molar refractivity (Wildman–Crippen MR) is 71.6 cm³/mol. The van der Waals surface area contributed by atoms with Gasteiger partial charge in [-0.2, -0.15) is 0 Å².